The molecule has 0 fully saturated rings. The fraction of sp³-hybridized carbons (Fsp3) is 0.500. The predicted molar refractivity (Wildman–Crippen MR) is 96.8 cm³/mol. The highest BCUT2D eigenvalue weighted by Crippen LogP contribution is 2.35. The zero-order valence-electron chi connectivity index (χ0n) is 14.5. The minimum Gasteiger partial charge on any atom is -0.468 e. The summed E-state index contributed by atoms with van der Waals surface area (Å²) in [7, 11) is -2.79. The largest absolute Gasteiger partial charge is 0.468 e. The molecule has 1 aliphatic heterocycles. The lowest BCUT2D eigenvalue weighted by Crippen LogP contribution is -2.45. The van der Waals surface area contributed by atoms with Crippen molar-refractivity contribution in [2.24, 2.45) is 5.92 Å². The number of ether oxygens (including phenoxy) is 1. The van der Waals surface area contributed by atoms with Crippen LogP contribution in [0.5, 0.6) is 0 Å². The molecule has 1 aromatic rings. The molecule has 0 aromatic heterocycles. The number of sulfonamides is 1. The van der Waals surface area contributed by atoms with E-state index in [4.69, 9.17) is 0 Å². The number of anilines is 1. The number of fused-ring (bicyclic) bond motifs is 1. The predicted octanol–water partition coefficient (Wildman–Crippen LogP) is 1.83. The van der Waals surface area contributed by atoms with Crippen molar-refractivity contribution in [2.45, 2.75) is 38.1 Å². The summed E-state index contributed by atoms with van der Waals surface area (Å²) in [5.41, 5.74) is 1.48. The molecule has 2 rings (SSSR count). The number of hydrogen-bond donors (Lipinski definition) is 1. The summed E-state index contributed by atoms with van der Waals surface area (Å²) in [5, 5.41) is 0. The van der Waals surface area contributed by atoms with Crippen LogP contribution >= 0.6 is 15.9 Å². The molecular formula is C16H21BrN2O5S. The Hall–Kier alpha value is -1.45. The summed E-state index contributed by atoms with van der Waals surface area (Å²) in [5.74, 6) is -1.09. The first kappa shape index (κ1) is 19.9. The monoisotopic (exact) mass is 432 g/mol. The number of nitrogens with zero attached hydrogens (tertiary/aromatic N) is 1. The molecule has 1 N–H and O–H groups in total. The van der Waals surface area contributed by atoms with Gasteiger partial charge in [0.15, 0.2) is 0 Å². The van der Waals surface area contributed by atoms with Gasteiger partial charge in [-0.25, -0.2) is 8.42 Å². The van der Waals surface area contributed by atoms with Gasteiger partial charge in [-0.05, 0) is 46.0 Å². The second-order valence-corrected chi connectivity index (χ2v) is 8.73. The molecule has 7 nitrogen and oxygen atoms in total. The lowest BCUT2D eigenvalue weighted by Gasteiger charge is -2.21. The van der Waals surface area contributed by atoms with Crippen molar-refractivity contribution >= 4 is 43.5 Å². The average Bonchev–Trinajstić information content (AvgIpc) is 2.93. The standard InChI is InChI=1S/C16H21BrN2O5S/c1-9(2)15(16(21)24-4)18-25(22,23)14-8-13-11(7-12(14)17)5-6-19(13)10(3)20/h7-9,15,18H,5-6H2,1-4H3/t15-/m0/s1. The number of halogens is 1. The lowest BCUT2D eigenvalue weighted by atomic mass is 10.1. The number of rotatable bonds is 5. The van der Waals surface area contributed by atoms with Crippen LogP contribution < -0.4 is 9.62 Å². The van der Waals surface area contributed by atoms with Gasteiger partial charge in [-0.15, -0.1) is 0 Å². The van der Waals surface area contributed by atoms with Crippen LogP contribution in [0.15, 0.2) is 21.5 Å². The Kier molecular flexibility index (Phi) is 5.90. The van der Waals surface area contributed by atoms with Crippen LogP contribution in [0.4, 0.5) is 5.69 Å². The molecule has 0 aliphatic carbocycles. The van der Waals surface area contributed by atoms with Crippen LogP contribution in [-0.4, -0.2) is 40.0 Å². The van der Waals surface area contributed by atoms with Crippen molar-refractivity contribution in [3.05, 3.63) is 22.2 Å². The summed E-state index contributed by atoms with van der Waals surface area (Å²) >= 11 is 3.28. The number of benzene rings is 1. The third-order valence-corrected chi connectivity index (χ3v) is 6.50. The second-order valence-electron chi connectivity index (χ2n) is 6.20. The van der Waals surface area contributed by atoms with E-state index in [1.54, 1.807) is 24.8 Å². The van der Waals surface area contributed by atoms with E-state index >= 15 is 0 Å². The summed E-state index contributed by atoms with van der Waals surface area (Å²) in [4.78, 5) is 25.1. The number of carbonyl (C=O) groups excluding carboxylic acids is 2. The van der Waals surface area contributed by atoms with E-state index in [9.17, 15) is 18.0 Å². The van der Waals surface area contributed by atoms with E-state index in [0.717, 1.165) is 5.56 Å². The van der Waals surface area contributed by atoms with E-state index in [-0.39, 0.29) is 16.7 Å². The maximum Gasteiger partial charge on any atom is 0.324 e. The normalized spacial score (nSPS) is 15.2. The third kappa shape index (κ3) is 4.04. The summed E-state index contributed by atoms with van der Waals surface area (Å²) in [6, 6.07) is 2.17. The SMILES string of the molecule is COC(=O)[C@@H](NS(=O)(=O)c1cc2c(cc1Br)CCN2C(C)=O)C(C)C. The number of carbonyl (C=O) groups is 2. The molecule has 0 unspecified atom stereocenters. The minimum absolute atomic E-state index is 0.0195. The molecular weight excluding hydrogens is 412 g/mol. The van der Waals surface area contributed by atoms with Crippen LogP contribution in [0.2, 0.25) is 0 Å². The molecule has 1 amide bonds. The average molecular weight is 433 g/mol. The molecule has 0 radical (unpaired) electrons. The van der Waals surface area contributed by atoms with Gasteiger partial charge < -0.3 is 9.64 Å². The fourth-order valence-corrected chi connectivity index (χ4v) is 5.18. The quantitative estimate of drug-likeness (QED) is 0.716. The smallest absolute Gasteiger partial charge is 0.324 e. The van der Waals surface area contributed by atoms with Gasteiger partial charge in [-0.2, -0.15) is 4.72 Å². The highest BCUT2D eigenvalue weighted by Gasteiger charge is 2.32. The summed E-state index contributed by atoms with van der Waals surface area (Å²) < 4.78 is 33.1. The molecule has 1 heterocycles. The number of nitrogens with one attached hydrogen (secondary N) is 1. The Morgan fingerprint density at radius 2 is 1.96 bits per heavy atom. The van der Waals surface area contributed by atoms with Crippen molar-refractivity contribution in [1.82, 2.24) is 4.72 Å². The van der Waals surface area contributed by atoms with Crippen molar-refractivity contribution < 1.29 is 22.7 Å². The second kappa shape index (κ2) is 7.43. The Bertz CT molecular complexity index is 807. The van der Waals surface area contributed by atoms with Crippen LogP contribution in [0.1, 0.15) is 26.3 Å². The van der Waals surface area contributed by atoms with Gasteiger partial charge in [0.05, 0.1) is 12.0 Å². The number of methoxy groups -OCH3 is 1. The van der Waals surface area contributed by atoms with Gasteiger partial charge in [0.25, 0.3) is 0 Å². The maximum absolute atomic E-state index is 12.8. The zero-order valence-corrected chi connectivity index (χ0v) is 16.9. The van der Waals surface area contributed by atoms with Crippen molar-refractivity contribution in [3.8, 4) is 0 Å². The van der Waals surface area contributed by atoms with Gasteiger partial charge >= 0.3 is 5.97 Å². The van der Waals surface area contributed by atoms with Crippen molar-refractivity contribution in [2.75, 3.05) is 18.6 Å². The third-order valence-electron chi connectivity index (χ3n) is 4.10. The Balaban J connectivity index is 2.45. The summed E-state index contributed by atoms with van der Waals surface area (Å²) in [6.45, 7) is 5.40. The molecule has 1 aliphatic rings. The van der Waals surface area contributed by atoms with Gasteiger partial charge in [-0.1, -0.05) is 13.8 Å². The van der Waals surface area contributed by atoms with Crippen LogP contribution in [0, 0.1) is 5.92 Å². The topological polar surface area (TPSA) is 92.8 Å². The van der Waals surface area contributed by atoms with Crippen LogP contribution in [-0.2, 0) is 30.8 Å². The Morgan fingerprint density at radius 3 is 2.48 bits per heavy atom. The minimum atomic E-state index is -4.00. The summed E-state index contributed by atoms with van der Waals surface area (Å²) in [6.07, 6.45) is 0.665. The van der Waals surface area contributed by atoms with Crippen LogP contribution in [0.3, 0.4) is 0 Å². The van der Waals surface area contributed by atoms with E-state index in [1.165, 1.54) is 20.1 Å². The molecule has 0 saturated heterocycles. The number of amides is 1. The first-order valence-electron chi connectivity index (χ1n) is 7.79. The molecule has 9 heteroatoms. The Labute approximate surface area is 155 Å². The zero-order chi connectivity index (χ0) is 18.9. The molecule has 0 bridgehead atoms. The number of esters is 1. The highest BCUT2D eigenvalue weighted by atomic mass is 79.9. The van der Waals surface area contributed by atoms with Gasteiger partial charge in [0, 0.05) is 23.6 Å². The lowest BCUT2D eigenvalue weighted by molar-refractivity contribution is -0.143. The Morgan fingerprint density at radius 1 is 1.32 bits per heavy atom. The molecule has 138 valence electrons. The highest BCUT2D eigenvalue weighted by molar-refractivity contribution is 9.10. The van der Waals surface area contributed by atoms with Crippen molar-refractivity contribution in [1.29, 1.82) is 0 Å². The van der Waals surface area contributed by atoms with E-state index in [2.05, 4.69) is 25.4 Å². The molecule has 0 spiro atoms. The van der Waals surface area contributed by atoms with Gasteiger partial charge in [-0.3, -0.25) is 9.59 Å². The molecule has 25 heavy (non-hydrogen) atoms. The maximum atomic E-state index is 12.8. The van der Waals surface area contributed by atoms with Crippen molar-refractivity contribution in [3.63, 3.8) is 0 Å². The first-order chi connectivity index (χ1) is 11.6. The fourth-order valence-electron chi connectivity index (χ4n) is 2.74. The van der Waals surface area contributed by atoms with E-state index in [0.29, 0.717) is 23.1 Å². The van der Waals surface area contributed by atoms with Gasteiger partial charge in [0.2, 0.25) is 15.9 Å². The van der Waals surface area contributed by atoms with E-state index in [1.807, 2.05) is 0 Å². The molecule has 1 aromatic carbocycles. The molecule has 0 saturated carbocycles. The van der Waals surface area contributed by atoms with Crippen LogP contribution in [0.25, 0.3) is 0 Å². The van der Waals surface area contributed by atoms with E-state index < -0.39 is 22.0 Å². The first-order valence-corrected chi connectivity index (χ1v) is 10.1. The van der Waals surface area contributed by atoms with Gasteiger partial charge in [0.1, 0.15) is 6.04 Å². The number of hydrogen-bond acceptors (Lipinski definition) is 5. The molecule has 1 atom stereocenters.